The van der Waals surface area contributed by atoms with Crippen molar-refractivity contribution >= 4 is 0 Å². The SMILES string of the molecule is COc1ccc(OCc2coc(-c3ccccc3)n2)cc1. The molecule has 0 unspecified atom stereocenters. The molecule has 106 valence electrons. The van der Waals surface area contributed by atoms with Gasteiger partial charge in [0.15, 0.2) is 0 Å². The van der Waals surface area contributed by atoms with E-state index in [2.05, 4.69) is 4.98 Å². The molecule has 3 aromatic rings. The number of oxazole rings is 1. The Labute approximate surface area is 123 Å². The Balaban J connectivity index is 1.64. The number of aromatic nitrogens is 1. The summed E-state index contributed by atoms with van der Waals surface area (Å²) in [6, 6.07) is 17.2. The predicted octanol–water partition coefficient (Wildman–Crippen LogP) is 3.93. The van der Waals surface area contributed by atoms with Crippen LogP contribution in [0.15, 0.2) is 65.3 Å². The van der Waals surface area contributed by atoms with E-state index >= 15 is 0 Å². The molecule has 0 atom stereocenters. The minimum Gasteiger partial charge on any atom is -0.497 e. The largest absolute Gasteiger partial charge is 0.497 e. The summed E-state index contributed by atoms with van der Waals surface area (Å²) in [4.78, 5) is 4.41. The molecule has 1 aromatic heterocycles. The van der Waals surface area contributed by atoms with Crippen LogP contribution in [0.4, 0.5) is 0 Å². The van der Waals surface area contributed by atoms with Gasteiger partial charge in [-0.15, -0.1) is 0 Å². The van der Waals surface area contributed by atoms with Gasteiger partial charge in [-0.25, -0.2) is 4.98 Å². The summed E-state index contributed by atoms with van der Waals surface area (Å²) in [6.07, 6.45) is 1.62. The van der Waals surface area contributed by atoms with Crippen LogP contribution in [0.2, 0.25) is 0 Å². The van der Waals surface area contributed by atoms with Gasteiger partial charge in [-0.1, -0.05) is 18.2 Å². The Kier molecular flexibility index (Phi) is 3.87. The van der Waals surface area contributed by atoms with Gasteiger partial charge in [-0.2, -0.15) is 0 Å². The van der Waals surface area contributed by atoms with E-state index in [-0.39, 0.29) is 0 Å². The first-order valence-electron chi connectivity index (χ1n) is 6.62. The highest BCUT2D eigenvalue weighted by atomic mass is 16.5. The topological polar surface area (TPSA) is 44.5 Å². The zero-order valence-corrected chi connectivity index (χ0v) is 11.7. The first-order chi connectivity index (χ1) is 10.3. The molecule has 0 aliphatic heterocycles. The molecule has 4 nitrogen and oxygen atoms in total. The number of hydrogen-bond acceptors (Lipinski definition) is 4. The molecule has 0 fully saturated rings. The minimum absolute atomic E-state index is 0.364. The number of ether oxygens (including phenoxy) is 2. The second kappa shape index (κ2) is 6.13. The Bertz CT molecular complexity index is 690. The fourth-order valence-corrected chi connectivity index (χ4v) is 1.92. The fraction of sp³-hybridized carbons (Fsp3) is 0.118. The number of benzene rings is 2. The van der Waals surface area contributed by atoms with Gasteiger partial charge >= 0.3 is 0 Å². The van der Waals surface area contributed by atoms with Crippen molar-refractivity contribution < 1.29 is 13.9 Å². The molecule has 0 aliphatic rings. The molecule has 0 bridgehead atoms. The molecule has 0 amide bonds. The van der Waals surface area contributed by atoms with Crippen LogP contribution in [0.3, 0.4) is 0 Å². The van der Waals surface area contributed by atoms with Gasteiger partial charge in [0.25, 0.3) is 0 Å². The van der Waals surface area contributed by atoms with Crippen LogP contribution in [0, 0.1) is 0 Å². The zero-order valence-electron chi connectivity index (χ0n) is 11.7. The van der Waals surface area contributed by atoms with Crippen LogP contribution in [0.5, 0.6) is 11.5 Å². The molecule has 0 N–H and O–H groups in total. The Morgan fingerprint density at radius 3 is 2.38 bits per heavy atom. The predicted molar refractivity (Wildman–Crippen MR) is 79.3 cm³/mol. The summed E-state index contributed by atoms with van der Waals surface area (Å²) in [7, 11) is 1.64. The van der Waals surface area contributed by atoms with Crippen molar-refractivity contribution in [3.63, 3.8) is 0 Å². The van der Waals surface area contributed by atoms with Gasteiger partial charge in [0.1, 0.15) is 30.1 Å². The smallest absolute Gasteiger partial charge is 0.226 e. The summed E-state index contributed by atoms with van der Waals surface area (Å²) < 4.78 is 16.2. The first kappa shape index (κ1) is 13.2. The van der Waals surface area contributed by atoms with Crippen LogP contribution in [0.1, 0.15) is 5.69 Å². The van der Waals surface area contributed by atoms with Gasteiger partial charge in [-0.05, 0) is 36.4 Å². The molecule has 0 spiro atoms. The Morgan fingerprint density at radius 2 is 1.67 bits per heavy atom. The van der Waals surface area contributed by atoms with Crippen molar-refractivity contribution in [2.45, 2.75) is 6.61 Å². The van der Waals surface area contributed by atoms with E-state index in [1.54, 1.807) is 13.4 Å². The molecule has 2 aromatic carbocycles. The molecule has 0 aliphatic carbocycles. The third-order valence-corrected chi connectivity index (χ3v) is 3.02. The van der Waals surface area contributed by atoms with E-state index in [0.29, 0.717) is 12.5 Å². The van der Waals surface area contributed by atoms with Crippen LogP contribution >= 0.6 is 0 Å². The maximum Gasteiger partial charge on any atom is 0.226 e. The summed E-state index contributed by atoms with van der Waals surface area (Å²) in [5.74, 6) is 2.17. The molecular formula is C17H15NO3. The van der Waals surface area contributed by atoms with Crippen molar-refractivity contribution in [2.75, 3.05) is 7.11 Å². The Morgan fingerprint density at radius 1 is 0.952 bits per heavy atom. The van der Waals surface area contributed by atoms with Crippen LogP contribution in [0.25, 0.3) is 11.5 Å². The lowest BCUT2D eigenvalue weighted by atomic mass is 10.2. The molecular weight excluding hydrogens is 266 g/mol. The highest BCUT2D eigenvalue weighted by molar-refractivity contribution is 5.52. The molecule has 21 heavy (non-hydrogen) atoms. The molecule has 1 heterocycles. The van der Waals surface area contributed by atoms with Crippen molar-refractivity contribution in [2.24, 2.45) is 0 Å². The number of hydrogen-bond donors (Lipinski definition) is 0. The normalized spacial score (nSPS) is 10.3. The van der Waals surface area contributed by atoms with E-state index in [1.807, 2.05) is 54.6 Å². The number of methoxy groups -OCH3 is 1. The highest BCUT2D eigenvalue weighted by Gasteiger charge is 2.06. The van der Waals surface area contributed by atoms with Crippen LogP contribution < -0.4 is 9.47 Å². The van der Waals surface area contributed by atoms with Gasteiger partial charge in [0, 0.05) is 5.56 Å². The summed E-state index contributed by atoms with van der Waals surface area (Å²) >= 11 is 0. The third kappa shape index (κ3) is 3.23. The Hall–Kier alpha value is -2.75. The van der Waals surface area contributed by atoms with E-state index in [0.717, 1.165) is 22.8 Å². The van der Waals surface area contributed by atoms with Crippen LogP contribution in [-0.2, 0) is 6.61 Å². The monoisotopic (exact) mass is 281 g/mol. The quantitative estimate of drug-likeness (QED) is 0.710. The standard InChI is InChI=1S/C17H15NO3/c1-19-15-7-9-16(10-8-15)20-11-14-12-21-17(18-14)13-5-3-2-4-6-13/h2-10,12H,11H2,1H3. The van der Waals surface area contributed by atoms with Gasteiger partial charge < -0.3 is 13.9 Å². The molecule has 4 heteroatoms. The van der Waals surface area contributed by atoms with Crippen molar-refractivity contribution in [3.8, 4) is 23.0 Å². The van der Waals surface area contributed by atoms with Crippen molar-refractivity contribution in [1.29, 1.82) is 0 Å². The van der Waals surface area contributed by atoms with Crippen LogP contribution in [-0.4, -0.2) is 12.1 Å². The van der Waals surface area contributed by atoms with E-state index in [9.17, 15) is 0 Å². The molecule has 3 rings (SSSR count). The van der Waals surface area contributed by atoms with Crippen molar-refractivity contribution in [3.05, 3.63) is 66.6 Å². The summed E-state index contributed by atoms with van der Waals surface area (Å²) in [5, 5.41) is 0. The van der Waals surface area contributed by atoms with Gasteiger partial charge in [0.05, 0.1) is 7.11 Å². The second-order valence-electron chi connectivity index (χ2n) is 4.47. The lowest BCUT2D eigenvalue weighted by molar-refractivity contribution is 0.300. The second-order valence-corrected chi connectivity index (χ2v) is 4.47. The molecule has 0 radical (unpaired) electrons. The minimum atomic E-state index is 0.364. The zero-order chi connectivity index (χ0) is 14.5. The summed E-state index contributed by atoms with van der Waals surface area (Å²) in [6.45, 7) is 0.364. The maximum atomic E-state index is 5.66. The first-order valence-corrected chi connectivity index (χ1v) is 6.62. The van der Waals surface area contributed by atoms with Gasteiger partial charge in [0.2, 0.25) is 5.89 Å². The van der Waals surface area contributed by atoms with E-state index in [4.69, 9.17) is 13.9 Å². The highest BCUT2D eigenvalue weighted by Crippen LogP contribution is 2.20. The van der Waals surface area contributed by atoms with E-state index < -0.39 is 0 Å². The average Bonchev–Trinajstić information content (AvgIpc) is 3.03. The lowest BCUT2D eigenvalue weighted by Gasteiger charge is -2.04. The van der Waals surface area contributed by atoms with Gasteiger partial charge in [-0.3, -0.25) is 0 Å². The average molecular weight is 281 g/mol. The number of nitrogens with zero attached hydrogens (tertiary/aromatic N) is 1. The lowest BCUT2D eigenvalue weighted by Crippen LogP contribution is -1.95. The fourth-order valence-electron chi connectivity index (χ4n) is 1.92. The molecule has 0 saturated carbocycles. The molecule has 0 saturated heterocycles. The third-order valence-electron chi connectivity index (χ3n) is 3.02. The summed E-state index contributed by atoms with van der Waals surface area (Å²) in [5.41, 5.74) is 1.71. The maximum absolute atomic E-state index is 5.66. The van der Waals surface area contributed by atoms with Crippen molar-refractivity contribution in [1.82, 2.24) is 4.98 Å². The van der Waals surface area contributed by atoms with E-state index in [1.165, 1.54) is 0 Å². The number of rotatable bonds is 5.